The van der Waals surface area contributed by atoms with E-state index in [0.29, 0.717) is 6.42 Å². The summed E-state index contributed by atoms with van der Waals surface area (Å²) in [6, 6.07) is 14.8. The zero-order valence-electron chi connectivity index (χ0n) is 19.9. The van der Waals surface area contributed by atoms with Gasteiger partial charge in [0, 0.05) is 24.9 Å². The molecule has 2 amide bonds. The van der Waals surface area contributed by atoms with Crippen LogP contribution in [-0.2, 0) is 14.3 Å². The topological polar surface area (TPSA) is 108 Å². The molecule has 0 spiro atoms. The first-order valence-corrected chi connectivity index (χ1v) is 11.6. The fourth-order valence-corrected chi connectivity index (χ4v) is 4.41. The molecule has 3 N–H and O–H groups in total. The van der Waals surface area contributed by atoms with Crippen LogP contribution in [0.3, 0.4) is 0 Å². The highest BCUT2D eigenvalue weighted by Gasteiger charge is 2.29. The van der Waals surface area contributed by atoms with Crippen LogP contribution in [0.4, 0.5) is 4.79 Å². The van der Waals surface area contributed by atoms with Gasteiger partial charge in [-0.1, -0.05) is 61.9 Å². The van der Waals surface area contributed by atoms with Crippen molar-refractivity contribution in [1.82, 2.24) is 15.5 Å². The van der Waals surface area contributed by atoms with Crippen molar-refractivity contribution < 1.29 is 24.2 Å². The molecule has 2 aromatic rings. The number of nitrogens with zero attached hydrogens (tertiary/aromatic N) is 1. The lowest BCUT2D eigenvalue weighted by atomic mass is 9.98. The number of amides is 2. The van der Waals surface area contributed by atoms with E-state index in [1.54, 1.807) is 19.0 Å². The van der Waals surface area contributed by atoms with E-state index in [0.717, 1.165) is 28.7 Å². The van der Waals surface area contributed by atoms with Crippen molar-refractivity contribution >= 4 is 18.0 Å². The van der Waals surface area contributed by atoms with E-state index in [9.17, 15) is 19.5 Å². The molecule has 2 aromatic carbocycles. The van der Waals surface area contributed by atoms with Gasteiger partial charge in [0.15, 0.2) is 0 Å². The lowest BCUT2D eigenvalue weighted by Gasteiger charge is -2.22. The molecule has 0 saturated carbocycles. The molecule has 0 radical (unpaired) electrons. The fraction of sp³-hybridized carbons (Fsp3) is 0.423. The highest BCUT2D eigenvalue weighted by atomic mass is 16.5. The highest BCUT2D eigenvalue weighted by Crippen LogP contribution is 2.44. The van der Waals surface area contributed by atoms with Gasteiger partial charge >= 0.3 is 12.1 Å². The Morgan fingerprint density at radius 3 is 2.12 bits per heavy atom. The number of carboxylic acids is 1. The van der Waals surface area contributed by atoms with Crippen LogP contribution in [0.15, 0.2) is 48.5 Å². The number of nitrogens with one attached hydrogen (secondary N) is 2. The standard InChI is InChI=1S/C26H33N3O5/c1-4-9-17(14-24(30)28-23(25(31)32)15-29(2)3)27-26(33)34-16-22-20-12-7-5-10-18(20)19-11-6-8-13-21(19)22/h5-8,10-13,17,22-23H,4,9,14-16H2,1-3H3,(H,27,33)(H,28,30)(H,31,32)/t17-,23+/m1/s1. The fourth-order valence-electron chi connectivity index (χ4n) is 4.41. The molecule has 1 aliphatic rings. The summed E-state index contributed by atoms with van der Waals surface area (Å²) in [6.07, 6.45) is 0.719. The molecule has 0 heterocycles. The number of carboxylic acid groups (broad SMARTS) is 1. The molecule has 0 fully saturated rings. The van der Waals surface area contributed by atoms with Crippen molar-refractivity contribution in [3.05, 3.63) is 59.7 Å². The van der Waals surface area contributed by atoms with Gasteiger partial charge in [-0.25, -0.2) is 9.59 Å². The summed E-state index contributed by atoms with van der Waals surface area (Å²) in [6.45, 7) is 2.32. The molecule has 0 saturated heterocycles. The van der Waals surface area contributed by atoms with Crippen molar-refractivity contribution in [3.63, 3.8) is 0 Å². The van der Waals surface area contributed by atoms with E-state index < -0.39 is 30.1 Å². The largest absolute Gasteiger partial charge is 0.480 e. The van der Waals surface area contributed by atoms with Gasteiger partial charge in [0.2, 0.25) is 5.91 Å². The molecule has 0 aliphatic heterocycles. The smallest absolute Gasteiger partial charge is 0.407 e. The lowest BCUT2D eigenvalue weighted by molar-refractivity contribution is -0.142. The number of hydrogen-bond donors (Lipinski definition) is 3. The number of fused-ring (bicyclic) bond motifs is 3. The lowest BCUT2D eigenvalue weighted by Crippen LogP contribution is -2.48. The first-order chi connectivity index (χ1) is 16.3. The van der Waals surface area contributed by atoms with Crippen LogP contribution in [-0.4, -0.2) is 67.3 Å². The first kappa shape index (κ1) is 25.2. The van der Waals surface area contributed by atoms with Crippen LogP contribution >= 0.6 is 0 Å². The number of likely N-dealkylation sites (N-methyl/N-ethyl adjacent to an activating group) is 1. The van der Waals surface area contributed by atoms with Gasteiger partial charge in [-0.2, -0.15) is 0 Å². The minimum atomic E-state index is -1.10. The normalized spacial score (nSPS) is 14.1. The van der Waals surface area contributed by atoms with Gasteiger partial charge in [-0.15, -0.1) is 0 Å². The van der Waals surface area contributed by atoms with E-state index in [2.05, 4.69) is 34.9 Å². The summed E-state index contributed by atoms with van der Waals surface area (Å²) in [5.41, 5.74) is 4.56. The molecule has 0 unspecified atom stereocenters. The number of carbonyl (C=O) groups is 3. The van der Waals surface area contributed by atoms with Crippen LogP contribution in [0, 0.1) is 0 Å². The van der Waals surface area contributed by atoms with E-state index in [-0.39, 0.29) is 25.5 Å². The number of carbonyl (C=O) groups excluding carboxylic acids is 2. The predicted molar refractivity (Wildman–Crippen MR) is 130 cm³/mol. The monoisotopic (exact) mass is 467 g/mol. The molecule has 3 rings (SSSR count). The summed E-state index contributed by atoms with van der Waals surface area (Å²) in [4.78, 5) is 38.2. The number of hydrogen-bond acceptors (Lipinski definition) is 5. The van der Waals surface area contributed by atoms with Crippen molar-refractivity contribution in [3.8, 4) is 11.1 Å². The molecular formula is C26H33N3O5. The molecule has 0 aromatic heterocycles. The molecule has 8 heteroatoms. The second-order valence-electron chi connectivity index (χ2n) is 8.88. The minimum Gasteiger partial charge on any atom is -0.480 e. The first-order valence-electron chi connectivity index (χ1n) is 11.6. The van der Waals surface area contributed by atoms with E-state index >= 15 is 0 Å². The molecule has 34 heavy (non-hydrogen) atoms. The summed E-state index contributed by atoms with van der Waals surface area (Å²) in [7, 11) is 3.47. The van der Waals surface area contributed by atoms with Gasteiger partial charge < -0.3 is 25.4 Å². The average molecular weight is 468 g/mol. The van der Waals surface area contributed by atoms with Crippen LogP contribution in [0.1, 0.15) is 43.2 Å². The number of ether oxygens (including phenoxy) is 1. The number of benzene rings is 2. The zero-order chi connectivity index (χ0) is 24.7. The van der Waals surface area contributed by atoms with Crippen molar-refractivity contribution in [1.29, 1.82) is 0 Å². The molecule has 8 nitrogen and oxygen atoms in total. The number of alkyl carbamates (subject to hydrolysis) is 1. The summed E-state index contributed by atoms with van der Waals surface area (Å²) >= 11 is 0. The van der Waals surface area contributed by atoms with Gasteiger partial charge in [-0.3, -0.25) is 4.79 Å². The summed E-state index contributed by atoms with van der Waals surface area (Å²) in [5, 5.41) is 14.7. The molecule has 182 valence electrons. The third-order valence-corrected chi connectivity index (χ3v) is 5.92. The van der Waals surface area contributed by atoms with Gasteiger partial charge in [0.25, 0.3) is 0 Å². The van der Waals surface area contributed by atoms with E-state index in [1.165, 1.54) is 0 Å². The van der Waals surface area contributed by atoms with Crippen molar-refractivity contribution in [2.75, 3.05) is 27.2 Å². The Bertz CT molecular complexity index is 978. The maximum absolute atomic E-state index is 12.6. The van der Waals surface area contributed by atoms with Gasteiger partial charge in [-0.05, 0) is 42.8 Å². The third-order valence-electron chi connectivity index (χ3n) is 5.92. The number of rotatable bonds is 11. The molecule has 1 aliphatic carbocycles. The van der Waals surface area contributed by atoms with Gasteiger partial charge in [0.1, 0.15) is 12.6 Å². The molecule has 0 bridgehead atoms. The second-order valence-corrected chi connectivity index (χ2v) is 8.88. The number of aliphatic carboxylic acids is 1. The van der Waals surface area contributed by atoms with Crippen LogP contribution in [0.2, 0.25) is 0 Å². The SMILES string of the molecule is CCC[C@H](CC(=O)N[C@@H](CN(C)C)C(=O)O)NC(=O)OCC1c2ccccc2-c2ccccc21. The van der Waals surface area contributed by atoms with Crippen LogP contribution in [0.25, 0.3) is 11.1 Å². The Hall–Kier alpha value is -3.39. The minimum absolute atomic E-state index is 0.0186. The van der Waals surface area contributed by atoms with E-state index in [1.807, 2.05) is 31.2 Å². The molecular weight excluding hydrogens is 434 g/mol. The Labute approximate surface area is 200 Å². The summed E-state index contributed by atoms with van der Waals surface area (Å²) in [5.74, 6) is -1.57. The highest BCUT2D eigenvalue weighted by molar-refractivity contribution is 5.84. The maximum Gasteiger partial charge on any atom is 0.407 e. The molecule has 2 atom stereocenters. The third kappa shape index (κ3) is 6.35. The van der Waals surface area contributed by atoms with Crippen molar-refractivity contribution in [2.45, 2.75) is 44.2 Å². The van der Waals surface area contributed by atoms with E-state index in [4.69, 9.17) is 4.74 Å². The Morgan fingerprint density at radius 1 is 1.00 bits per heavy atom. The van der Waals surface area contributed by atoms with Gasteiger partial charge in [0.05, 0.1) is 0 Å². The summed E-state index contributed by atoms with van der Waals surface area (Å²) < 4.78 is 5.59. The average Bonchev–Trinajstić information content (AvgIpc) is 3.11. The Kier molecular flexibility index (Phi) is 8.65. The maximum atomic E-state index is 12.6. The Morgan fingerprint density at radius 2 is 1.59 bits per heavy atom. The van der Waals surface area contributed by atoms with Crippen LogP contribution in [0.5, 0.6) is 0 Å². The Balaban J connectivity index is 1.58. The predicted octanol–water partition coefficient (Wildman–Crippen LogP) is 3.21. The second kappa shape index (κ2) is 11.7. The van der Waals surface area contributed by atoms with Crippen LogP contribution < -0.4 is 10.6 Å². The van der Waals surface area contributed by atoms with Crippen molar-refractivity contribution in [2.24, 2.45) is 0 Å². The quantitative estimate of drug-likeness (QED) is 0.468. The zero-order valence-corrected chi connectivity index (χ0v) is 19.9.